The molecule has 34 heavy (non-hydrogen) atoms. The van der Waals surface area contributed by atoms with E-state index in [0.29, 0.717) is 18.0 Å². The number of rotatable bonds is 12. The number of hydrogen-bond acceptors (Lipinski definition) is 9. The summed E-state index contributed by atoms with van der Waals surface area (Å²) in [5.41, 5.74) is -0.0773. The van der Waals surface area contributed by atoms with Crippen LogP contribution >= 0.6 is 0 Å². The number of hydrogen-bond donors (Lipinski definition) is 0. The average molecular weight is 476 g/mol. The number of esters is 1. The van der Waals surface area contributed by atoms with E-state index in [1.165, 1.54) is 26.2 Å². The first kappa shape index (κ1) is 26.2. The Labute approximate surface area is 197 Å². The van der Waals surface area contributed by atoms with E-state index < -0.39 is 29.1 Å². The standard InChI is InChI=1S/C23H28N2O9/c1-6-24(13-15-8-9-18(30-3)19(10-15)31-4)22(26)14-34-23(27)16-11-20(32-5)21(33-7-2)12-17(16)25(28)29/h8-12H,6-7,13-14H2,1-5H3. The fourth-order valence-electron chi connectivity index (χ4n) is 3.16. The van der Waals surface area contributed by atoms with Gasteiger partial charge in [-0.05, 0) is 31.5 Å². The van der Waals surface area contributed by atoms with E-state index in [9.17, 15) is 19.7 Å². The fraction of sp³-hybridized carbons (Fsp3) is 0.391. The smallest absolute Gasteiger partial charge is 0.345 e. The molecule has 2 rings (SSSR count). The number of nitro benzene ring substituents is 1. The highest BCUT2D eigenvalue weighted by Gasteiger charge is 2.27. The number of methoxy groups -OCH3 is 3. The maximum Gasteiger partial charge on any atom is 0.345 e. The van der Waals surface area contributed by atoms with Gasteiger partial charge in [-0.2, -0.15) is 0 Å². The van der Waals surface area contributed by atoms with Crippen LogP contribution in [-0.4, -0.2) is 62.8 Å². The third-order valence-corrected chi connectivity index (χ3v) is 4.88. The Bertz CT molecular complexity index is 1040. The van der Waals surface area contributed by atoms with E-state index in [4.69, 9.17) is 23.7 Å². The van der Waals surface area contributed by atoms with Crippen LogP contribution in [0.25, 0.3) is 0 Å². The lowest BCUT2D eigenvalue weighted by atomic mass is 10.1. The molecular weight excluding hydrogens is 448 g/mol. The molecule has 0 aromatic heterocycles. The molecule has 0 heterocycles. The Balaban J connectivity index is 2.15. The van der Waals surface area contributed by atoms with Gasteiger partial charge < -0.3 is 28.6 Å². The van der Waals surface area contributed by atoms with Crippen LogP contribution in [0.1, 0.15) is 29.8 Å². The number of nitro groups is 1. The molecule has 0 aliphatic heterocycles. The molecule has 11 heteroatoms. The molecule has 1 amide bonds. The van der Waals surface area contributed by atoms with Gasteiger partial charge in [0.05, 0.1) is 38.9 Å². The molecule has 0 saturated heterocycles. The van der Waals surface area contributed by atoms with Gasteiger partial charge in [0.2, 0.25) is 0 Å². The average Bonchev–Trinajstić information content (AvgIpc) is 2.85. The number of nitrogens with zero attached hydrogens (tertiary/aromatic N) is 2. The van der Waals surface area contributed by atoms with Gasteiger partial charge >= 0.3 is 5.97 Å². The normalized spacial score (nSPS) is 10.3. The first-order valence-corrected chi connectivity index (χ1v) is 10.4. The van der Waals surface area contributed by atoms with Crippen molar-refractivity contribution in [1.29, 1.82) is 0 Å². The summed E-state index contributed by atoms with van der Waals surface area (Å²) in [6.07, 6.45) is 0. The number of carbonyl (C=O) groups excluding carboxylic acids is 2. The lowest BCUT2D eigenvalue weighted by molar-refractivity contribution is -0.385. The molecule has 0 aliphatic carbocycles. The van der Waals surface area contributed by atoms with E-state index in [0.717, 1.165) is 17.7 Å². The van der Waals surface area contributed by atoms with E-state index in [2.05, 4.69) is 0 Å². The Morgan fingerprint density at radius 2 is 1.59 bits per heavy atom. The monoisotopic (exact) mass is 476 g/mol. The second-order valence-electron chi connectivity index (χ2n) is 6.88. The molecule has 2 aromatic rings. The maximum atomic E-state index is 12.7. The van der Waals surface area contributed by atoms with Crippen LogP contribution in [0.4, 0.5) is 5.69 Å². The molecular formula is C23H28N2O9. The van der Waals surface area contributed by atoms with Crippen LogP contribution in [0.2, 0.25) is 0 Å². The van der Waals surface area contributed by atoms with Crippen LogP contribution in [0, 0.1) is 10.1 Å². The van der Waals surface area contributed by atoms with Gasteiger partial charge in [-0.3, -0.25) is 14.9 Å². The van der Waals surface area contributed by atoms with Crippen molar-refractivity contribution in [1.82, 2.24) is 4.90 Å². The molecule has 184 valence electrons. The molecule has 0 radical (unpaired) electrons. The van der Waals surface area contributed by atoms with Gasteiger partial charge in [-0.25, -0.2) is 4.79 Å². The number of ether oxygens (including phenoxy) is 5. The molecule has 2 aromatic carbocycles. The zero-order valence-electron chi connectivity index (χ0n) is 19.8. The maximum absolute atomic E-state index is 12.7. The molecule has 0 saturated carbocycles. The van der Waals surface area contributed by atoms with Crippen molar-refractivity contribution in [3.05, 3.63) is 51.6 Å². The highest BCUT2D eigenvalue weighted by atomic mass is 16.6. The minimum Gasteiger partial charge on any atom is -0.493 e. The minimum absolute atomic E-state index is 0.122. The lowest BCUT2D eigenvalue weighted by Gasteiger charge is -2.21. The second-order valence-corrected chi connectivity index (χ2v) is 6.88. The van der Waals surface area contributed by atoms with Gasteiger partial charge in [0, 0.05) is 19.2 Å². The SMILES string of the molecule is CCOc1cc([N+](=O)[O-])c(C(=O)OCC(=O)N(CC)Cc2ccc(OC)c(OC)c2)cc1OC. The van der Waals surface area contributed by atoms with Crippen LogP contribution in [0.15, 0.2) is 30.3 Å². The number of amides is 1. The van der Waals surface area contributed by atoms with Crippen molar-refractivity contribution in [2.75, 3.05) is 41.1 Å². The van der Waals surface area contributed by atoms with Gasteiger partial charge in [-0.1, -0.05) is 6.07 Å². The third kappa shape index (κ3) is 6.27. The van der Waals surface area contributed by atoms with E-state index in [-0.39, 0.29) is 30.2 Å². The van der Waals surface area contributed by atoms with Crippen molar-refractivity contribution in [3.8, 4) is 23.0 Å². The predicted molar refractivity (Wildman–Crippen MR) is 122 cm³/mol. The number of likely N-dealkylation sites (N-methyl/N-ethyl adjacent to an activating group) is 1. The molecule has 11 nitrogen and oxygen atoms in total. The van der Waals surface area contributed by atoms with E-state index in [1.807, 2.05) is 0 Å². The zero-order valence-corrected chi connectivity index (χ0v) is 19.8. The Kier molecular flexibility index (Phi) is 9.48. The summed E-state index contributed by atoms with van der Waals surface area (Å²) in [6.45, 7) is 3.74. The number of carbonyl (C=O) groups is 2. The molecule has 0 spiro atoms. The van der Waals surface area contributed by atoms with Crippen molar-refractivity contribution in [2.24, 2.45) is 0 Å². The third-order valence-electron chi connectivity index (χ3n) is 4.88. The van der Waals surface area contributed by atoms with Crippen molar-refractivity contribution in [3.63, 3.8) is 0 Å². The van der Waals surface area contributed by atoms with Gasteiger partial charge in [0.1, 0.15) is 5.56 Å². The van der Waals surface area contributed by atoms with Crippen LogP contribution in [0.5, 0.6) is 23.0 Å². The largest absolute Gasteiger partial charge is 0.493 e. The first-order valence-electron chi connectivity index (χ1n) is 10.4. The van der Waals surface area contributed by atoms with Crippen LogP contribution in [-0.2, 0) is 16.1 Å². The van der Waals surface area contributed by atoms with Gasteiger partial charge in [0.15, 0.2) is 29.6 Å². The van der Waals surface area contributed by atoms with E-state index >= 15 is 0 Å². The Hall–Kier alpha value is -4.02. The summed E-state index contributed by atoms with van der Waals surface area (Å²) >= 11 is 0. The molecule has 0 bridgehead atoms. The Morgan fingerprint density at radius 1 is 0.941 bits per heavy atom. The summed E-state index contributed by atoms with van der Waals surface area (Å²) in [5, 5.41) is 11.5. The molecule has 0 atom stereocenters. The number of benzene rings is 2. The Morgan fingerprint density at radius 3 is 2.15 bits per heavy atom. The van der Waals surface area contributed by atoms with Crippen molar-refractivity contribution >= 4 is 17.6 Å². The quantitative estimate of drug-likeness (QED) is 0.258. The minimum atomic E-state index is -1.02. The van der Waals surface area contributed by atoms with Crippen LogP contribution < -0.4 is 18.9 Å². The van der Waals surface area contributed by atoms with Crippen molar-refractivity contribution < 1.29 is 38.2 Å². The van der Waals surface area contributed by atoms with Gasteiger partial charge in [-0.15, -0.1) is 0 Å². The predicted octanol–water partition coefficient (Wildman–Crippen LogP) is 3.22. The molecule has 0 unspecified atom stereocenters. The topological polar surface area (TPSA) is 127 Å². The lowest BCUT2D eigenvalue weighted by Crippen LogP contribution is -2.34. The highest BCUT2D eigenvalue weighted by Crippen LogP contribution is 2.35. The van der Waals surface area contributed by atoms with Crippen LogP contribution in [0.3, 0.4) is 0 Å². The summed E-state index contributed by atoms with van der Waals surface area (Å²) in [7, 11) is 4.38. The first-order chi connectivity index (χ1) is 16.3. The highest BCUT2D eigenvalue weighted by molar-refractivity contribution is 5.96. The summed E-state index contributed by atoms with van der Waals surface area (Å²) in [4.78, 5) is 37.5. The molecule has 0 aliphatic rings. The van der Waals surface area contributed by atoms with Gasteiger partial charge in [0.25, 0.3) is 11.6 Å². The second kappa shape index (κ2) is 12.3. The molecule has 0 N–H and O–H groups in total. The zero-order chi connectivity index (χ0) is 25.3. The van der Waals surface area contributed by atoms with Crippen molar-refractivity contribution in [2.45, 2.75) is 20.4 Å². The summed E-state index contributed by atoms with van der Waals surface area (Å²) < 4.78 is 26.1. The fourth-order valence-corrected chi connectivity index (χ4v) is 3.16. The van der Waals surface area contributed by atoms with E-state index in [1.54, 1.807) is 32.0 Å². The molecule has 0 fully saturated rings. The summed E-state index contributed by atoms with van der Waals surface area (Å²) in [5.74, 6) is -0.158. The summed E-state index contributed by atoms with van der Waals surface area (Å²) in [6, 6.07) is 7.52.